The third kappa shape index (κ3) is 14.7. The van der Waals surface area contributed by atoms with Gasteiger partial charge in [-0.15, -0.1) is 0 Å². The van der Waals surface area contributed by atoms with Gasteiger partial charge < -0.3 is 9.45 Å². The maximum Gasteiger partial charge on any atom is 0.372 e. The molecule has 32 heavy (non-hydrogen) atoms. The van der Waals surface area contributed by atoms with Crippen molar-refractivity contribution in [3.05, 3.63) is 65.2 Å². The normalized spacial score (nSPS) is 10.5. The average Bonchev–Trinajstić information content (AvgIpc) is 2.74. The summed E-state index contributed by atoms with van der Waals surface area (Å²) < 4.78 is 31.2. The minimum Gasteiger partial charge on any atom is -0.744 e. The Balaban J connectivity index is 0.000000452. The lowest BCUT2D eigenvalue weighted by molar-refractivity contribution is -0.858. The maximum atomic E-state index is 10.7. The van der Waals surface area contributed by atoms with Crippen molar-refractivity contribution in [1.82, 2.24) is 0 Å². The van der Waals surface area contributed by atoms with E-state index in [1.165, 1.54) is 50.8 Å². The third-order valence-corrected chi connectivity index (χ3v) is 5.31. The lowest BCUT2D eigenvalue weighted by atomic mass is 10.1. The Morgan fingerprint density at radius 1 is 0.906 bits per heavy atom. The number of quaternary nitrogens is 1. The van der Waals surface area contributed by atoms with Crippen LogP contribution >= 0.6 is 0 Å². The van der Waals surface area contributed by atoms with Gasteiger partial charge in [-0.1, -0.05) is 61.6 Å². The van der Waals surface area contributed by atoms with Gasteiger partial charge in [0.25, 0.3) is 0 Å². The van der Waals surface area contributed by atoms with Crippen LogP contribution in [0.5, 0.6) is 0 Å². The minimum absolute atomic E-state index is 0.178. The van der Waals surface area contributed by atoms with Gasteiger partial charge in [0.05, 0.1) is 31.1 Å². The van der Waals surface area contributed by atoms with Crippen LogP contribution in [0.2, 0.25) is 0 Å². The fourth-order valence-electron chi connectivity index (χ4n) is 2.53. The molecule has 0 amide bonds. The summed E-state index contributed by atoms with van der Waals surface area (Å²) >= 11 is 0. The summed E-state index contributed by atoms with van der Waals surface area (Å²) in [4.78, 5) is 15.6. The van der Waals surface area contributed by atoms with E-state index < -0.39 is 16.1 Å². The number of carbonyl (C=O) groups excluding carboxylic acids is 1. The summed E-state index contributed by atoms with van der Waals surface area (Å²) in [5.74, 6) is -0.731. The Labute approximate surface area is 192 Å². The number of carbonyl (C=O) groups is 1. The molecule has 2 aromatic rings. The monoisotopic (exact) mass is 467 g/mol. The molecule has 2 aromatic carbocycles. The molecule has 180 valence electrons. The molecule has 0 heterocycles. The fourth-order valence-corrected chi connectivity index (χ4v) is 3.00. The van der Waals surface area contributed by atoms with Gasteiger partial charge in [-0.2, -0.15) is 5.26 Å². The topological polar surface area (TPSA) is 108 Å². The first-order valence-corrected chi connectivity index (χ1v) is 12.2. The SMILES string of the molecule is CCCCCCC[NH+](C)C.Cc1ccc(C(=O)OO)cc1.Cc1ccc(S(=O)(=O)[O-])cc1. The van der Waals surface area contributed by atoms with Crippen molar-refractivity contribution in [2.75, 3.05) is 20.6 Å². The van der Waals surface area contributed by atoms with Crippen molar-refractivity contribution in [3.63, 3.8) is 0 Å². The van der Waals surface area contributed by atoms with Gasteiger partial charge in [0.15, 0.2) is 0 Å². The number of hydrogen-bond donors (Lipinski definition) is 2. The van der Waals surface area contributed by atoms with E-state index in [1.54, 1.807) is 41.3 Å². The van der Waals surface area contributed by atoms with Crippen LogP contribution in [-0.4, -0.2) is 44.8 Å². The van der Waals surface area contributed by atoms with Crippen LogP contribution < -0.4 is 4.90 Å². The molecule has 2 N–H and O–H groups in total. The zero-order valence-corrected chi connectivity index (χ0v) is 20.6. The summed E-state index contributed by atoms with van der Waals surface area (Å²) in [5.41, 5.74) is 2.33. The zero-order chi connectivity index (χ0) is 24.6. The molecule has 7 nitrogen and oxygen atoms in total. The second-order valence-electron chi connectivity index (χ2n) is 7.88. The number of aryl methyl sites for hydroxylation is 2. The summed E-state index contributed by atoms with van der Waals surface area (Å²) in [6, 6.07) is 12.5. The summed E-state index contributed by atoms with van der Waals surface area (Å²) in [7, 11) is 0.175. The number of unbranched alkanes of at least 4 members (excludes halogenated alkanes) is 4. The van der Waals surface area contributed by atoms with Crippen LogP contribution in [-0.2, 0) is 15.0 Å². The molecule has 0 unspecified atom stereocenters. The first-order valence-electron chi connectivity index (χ1n) is 10.7. The van der Waals surface area contributed by atoms with Gasteiger partial charge >= 0.3 is 5.97 Å². The molecular weight excluding hydrogens is 430 g/mol. The molecule has 2 rings (SSSR count). The highest BCUT2D eigenvalue weighted by atomic mass is 32.2. The lowest BCUT2D eigenvalue weighted by Crippen LogP contribution is -3.05. The second-order valence-corrected chi connectivity index (χ2v) is 9.26. The quantitative estimate of drug-likeness (QED) is 0.266. The van der Waals surface area contributed by atoms with Crippen LogP contribution in [0.1, 0.15) is 60.5 Å². The van der Waals surface area contributed by atoms with E-state index in [0.29, 0.717) is 5.56 Å². The Morgan fingerprint density at radius 2 is 1.38 bits per heavy atom. The smallest absolute Gasteiger partial charge is 0.372 e. The van der Waals surface area contributed by atoms with Crippen molar-refractivity contribution in [1.29, 1.82) is 0 Å². The molecule has 0 aliphatic carbocycles. The maximum absolute atomic E-state index is 10.7. The third-order valence-electron chi connectivity index (χ3n) is 4.46. The van der Waals surface area contributed by atoms with E-state index >= 15 is 0 Å². The van der Waals surface area contributed by atoms with E-state index in [4.69, 9.17) is 5.26 Å². The highest BCUT2D eigenvalue weighted by Crippen LogP contribution is 2.08. The van der Waals surface area contributed by atoms with E-state index in [1.807, 2.05) is 13.8 Å². The molecule has 0 saturated carbocycles. The van der Waals surface area contributed by atoms with Crippen molar-refractivity contribution >= 4 is 16.1 Å². The van der Waals surface area contributed by atoms with E-state index in [0.717, 1.165) is 11.1 Å². The van der Waals surface area contributed by atoms with E-state index in [9.17, 15) is 17.8 Å². The molecule has 8 heteroatoms. The minimum atomic E-state index is -4.27. The summed E-state index contributed by atoms with van der Waals surface area (Å²) in [6.45, 7) is 7.33. The highest BCUT2D eigenvalue weighted by molar-refractivity contribution is 7.85. The fraction of sp³-hybridized carbons (Fsp3) is 0.458. The Hall–Kier alpha value is -2.26. The molecule has 0 aliphatic rings. The van der Waals surface area contributed by atoms with Crippen molar-refractivity contribution in [2.45, 2.75) is 57.8 Å². The summed E-state index contributed by atoms with van der Waals surface area (Å²) in [5, 5.41) is 8.01. The van der Waals surface area contributed by atoms with Crippen LogP contribution in [0.4, 0.5) is 0 Å². The number of rotatable bonds is 8. The van der Waals surface area contributed by atoms with Gasteiger partial charge in [-0.25, -0.2) is 13.2 Å². The van der Waals surface area contributed by atoms with Gasteiger partial charge in [-0.05, 0) is 51.0 Å². The Bertz CT molecular complexity index is 862. The Morgan fingerprint density at radius 3 is 1.78 bits per heavy atom. The highest BCUT2D eigenvalue weighted by Gasteiger charge is 2.04. The molecule has 0 bridgehead atoms. The van der Waals surface area contributed by atoms with Gasteiger partial charge in [0.1, 0.15) is 10.1 Å². The van der Waals surface area contributed by atoms with Gasteiger partial charge in [0, 0.05) is 0 Å². The molecular formula is C24H37NO6S. The van der Waals surface area contributed by atoms with Gasteiger partial charge in [-0.3, -0.25) is 4.89 Å². The van der Waals surface area contributed by atoms with Crippen LogP contribution in [0.15, 0.2) is 53.4 Å². The van der Waals surface area contributed by atoms with Crippen LogP contribution in [0.3, 0.4) is 0 Å². The van der Waals surface area contributed by atoms with Crippen LogP contribution in [0.25, 0.3) is 0 Å². The average molecular weight is 468 g/mol. The standard InChI is InChI=1S/C9H21N.C8H8O3.C7H8O3S/c1-4-5-6-7-8-9-10(2)3;1-6-2-4-7(5-3-6)8(9)11-10;1-6-2-4-7(5-3-6)11(8,9)10/h4-9H2,1-3H3;2-5,10H,1H3;2-5H,1H3,(H,8,9,10). The first-order chi connectivity index (χ1) is 15.0. The first kappa shape index (κ1) is 29.7. The van der Waals surface area contributed by atoms with Crippen LogP contribution in [0, 0.1) is 13.8 Å². The molecule has 0 aliphatic heterocycles. The molecule has 0 fully saturated rings. The van der Waals surface area contributed by atoms with Crippen molar-refractivity contribution < 1.29 is 32.8 Å². The van der Waals surface area contributed by atoms with E-state index in [-0.39, 0.29) is 4.90 Å². The molecule has 0 spiro atoms. The summed E-state index contributed by atoms with van der Waals surface area (Å²) in [6.07, 6.45) is 7.04. The Kier molecular flexibility index (Phi) is 15.2. The molecule has 0 atom stereocenters. The van der Waals surface area contributed by atoms with Gasteiger partial charge in [0.2, 0.25) is 0 Å². The largest absolute Gasteiger partial charge is 0.744 e. The van der Waals surface area contributed by atoms with Crippen molar-refractivity contribution in [3.8, 4) is 0 Å². The lowest BCUT2D eigenvalue weighted by Gasteiger charge is -2.05. The number of benzene rings is 2. The van der Waals surface area contributed by atoms with Crippen molar-refractivity contribution in [2.24, 2.45) is 0 Å². The molecule has 0 radical (unpaired) electrons. The van der Waals surface area contributed by atoms with E-state index in [2.05, 4.69) is 25.9 Å². The number of hydrogen-bond acceptors (Lipinski definition) is 6. The predicted molar refractivity (Wildman–Crippen MR) is 125 cm³/mol. The molecule has 0 saturated heterocycles. The zero-order valence-electron chi connectivity index (χ0n) is 19.8. The number of nitrogens with one attached hydrogen (secondary N) is 1. The molecule has 0 aromatic heterocycles. The second kappa shape index (κ2) is 16.4. The predicted octanol–water partition coefficient (Wildman–Crippen LogP) is 3.63.